The van der Waals surface area contributed by atoms with Crippen LogP contribution < -0.4 is 0 Å². The van der Waals surface area contributed by atoms with Crippen LogP contribution in [0.1, 0.15) is 113 Å². The van der Waals surface area contributed by atoms with Gasteiger partial charge >= 0.3 is 0 Å². The van der Waals surface area contributed by atoms with Gasteiger partial charge in [-0.05, 0) is 119 Å². The predicted molar refractivity (Wildman–Crippen MR) is 229 cm³/mol. The lowest BCUT2D eigenvalue weighted by Gasteiger charge is -2.69. The quantitative estimate of drug-likeness (QED) is 0.0836. The van der Waals surface area contributed by atoms with Crippen LogP contribution >= 0.6 is 0 Å². The highest BCUT2D eigenvalue weighted by Gasteiger charge is 2.72. The molecule has 17 heteroatoms. The molecule has 0 aromatic carbocycles. The molecule has 4 aliphatic heterocycles. The van der Waals surface area contributed by atoms with E-state index in [1.54, 1.807) is 0 Å². The monoisotopic (exact) mass is 927 g/mol. The first-order chi connectivity index (χ1) is 30.6. The van der Waals surface area contributed by atoms with Crippen molar-refractivity contribution < 1.29 is 83.5 Å². The van der Waals surface area contributed by atoms with Gasteiger partial charge in [0.05, 0.1) is 31.5 Å². The standard InChI is InChI=1S/C48H78O17/c1-9-58-43-48(57,19-25(62-43)18-23(2)3)27-12-15-45(7)26(27)10-11-31-46(45,8)16-13-30-44(5,6)32(14-17-47(30,31)22-49)63-42-39(65-41-37(56)35(54)33(52)24(4)61-41)38(29(51)21-60-42)64-40-36(55)34(53)28(50)20-59-40/h18,22,24-43,50-57H,9-17,19-21H2,1-8H3/t24-,25+,26?,27-,28+,29-,30?,31?,32-,33-,34+,35+,36+,37+,38-,39+,40?,41?,42-,43?,45+,46+,47+,48?/m0/s1. The molecule has 4 saturated carbocycles. The Morgan fingerprint density at radius 2 is 1.34 bits per heavy atom. The molecule has 0 amide bonds. The van der Waals surface area contributed by atoms with Gasteiger partial charge in [0.1, 0.15) is 66.8 Å². The van der Waals surface area contributed by atoms with Gasteiger partial charge in [0.25, 0.3) is 0 Å². The third-order valence-electron chi connectivity index (χ3n) is 18.4. The molecule has 8 N–H and O–H groups in total. The molecule has 8 rings (SSSR count). The van der Waals surface area contributed by atoms with E-state index in [-0.39, 0.29) is 53.8 Å². The van der Waals surface area contributed by atoms with Gasteiger partial charge in [-0.1, -0.05) is 39.3 Å². The maximum absolute atomic E-state index is 14.0. The van der Waals surface area contributed by atoms with E-state index in [9.17, 15) is 45.6 Å². The molecule has 0 aromatic rings. The van der Waals surface area contributed by atoms with Crippen molar-refractivity contribution in [2.24, 2.45) is 45.3 Å². The van der Waals surface area contributed by atoms with Crippen molar-refractivity contribution in [1.82, 2.24) is 0 Å². The third kappa shape index (κ3) is 8.24. The number of aliphatic hydroxyl groups excluding tert-OH is 7. The lowest BCUT2D eigenvalue weighted by Crippen LogP contribution is -2.67. The van der Waals surface area contributed by atoms with Crippen LogP contribution in [0.5, 0.6) is 0 Å². The highest BCUT2D eigenvalue weighted by atomic mass is 16.8. The number of hydrogen-bond donors (Lipinski definition) is 8. The number of hydrogen-bond acceptors (Lipinski definition) is 17. The van der Waals surface area contributed by atoms with Gasteiger partial charge in [-0.2, -0.15) is 0 Å². The van der Waals surface area contributed by atoms with Crippen LogP contribution in [0.4, 0.5) is 0 Å². The molecule has 0 aromatic heterocycles. The summed E-state index contributed by atoms with van der Waals surface area (Å²) >= 11 is 0. The minimum atomic E-state index is -1.72. The molecule has 0 radical (unpaired) electrons. The molecule has 8 aliphatic rings. The normalized spacial score (nSPS) is 54.3. The van der Waals surface area contributed by atoms with Gasteiger partial charge in [-0.15, -0.1) is 0 Å². The molecule has 24 atom stereocenters. The van der Waals surface area contributed by atoms with Gasteiger partial charge in [0.2, 0.25) is 0 Å². The second kappa shape index (κ2) is 18.5. The van der Waals surface area contributed by atoms with Crippen LogP contribution in [-0.4, -0.2) is 171 Å². The molecule has 4 saturated heterocycles. The SMILES string of the molecule is CCOC1O[C@H](C=C(C)C)CC1(O)[C@H]1CC[C@]2(C)C1CCC1[C@@]3(C=O)CC[C@H](O[C@@H]4OC[C@H](O)[C@H](OC5OC[C@@H](O)[C@@H](O)[C@H]5O)[C@H]4OC4O[C@@H](C)[C@H](O)[C@@H](O)[C@H]4O)C(C)(C)C3CC[C@]12C. The fraction of sp³-hybridized carbons (Fsp3) is 0.938. The minimum Gasteiger partial charge on any atom is -0.388 e. The molecule has 4 aliphatic carbocycles. The van der Waals surface area contributed by atoms with Crippen molar-refractivity contribution in [2.75, 3.05) is 19.8 Å². The van der Waals surface area contributed by atoms with Crippen LogP contribution in [0.15, 0.2) is 11.6 Å². The Balaban J connectivity index is 1.04. The zero-order chi connectivity index (χ0) is 47.2. The number of allylic oxidation sites excluding steroid dienone is 1. The molecule has 8 fully saturated rings. The molecule has 0 spiro atoms. The summed E-state index contributed by atoms with van der Waals surface area (Å²) in [5.74, 6) is 0.209. The van der Waals surface area contributed by atoms with Gasteiger partial charge in [0.15, 0.2) is 25.2 Å². The minimum absolute atomic E-state index is 0.0129. The largest absolute Gasteiger partial charge is 0.388 e. The van der Waals surface area contributed by atoms with Crippen LogP contribution in [0.3, 0.4) is 0 Å². The molecule has 65 heavy (non-hydrogen) atoms. The van der Waals surface area contributed by atoms with Gasteiger partial charge < -0.3 is 83.5 Å². The maximum Gasteiger partial charge on any atom is 0.187 e. The Morgan fingerprint density at radius 3 is 2.03 bits per heavy atom. The first kappa shape index (κ1) is 50.2. The Morgan fingerprint density at radius 1 is 0.677 bits per heavy atom. The topological polar surface area (TPSA) is 253 Å². The summed E-state index contributed by atoms with van der Waals surface area (Å²) in [6.45, 7) is 16.4. The maximum atomic E-state index is 14.0. The van der Waals surface area contributed by atoms with E-state index in [0.717, 1.165) is 44.1 Å². The first-order valence-corrected chi connectivity index (χ1v) is 24.3. The summed E-state index contributed by atoms with van der Waals surface area (Å²) in [6.07, 6.45) is -10.3. The fourth-order valence-corrected chi connectivity index (χ4v) is 14.9. The highest BCUT2D eigenvalue weighted by molar-refractivity contribution is 5.62. The Hall–Kier alpha value is -1.23. The molecule has 372 valence electrons. The zero-order valence-electron chi connectivity index (χ0n) is 39.4. The smallest absolute Gasteiger partial charge is 0.187 e. The van der Waals surface area contributed by atoms with Gasteiger partial charge in [-0.3, -0.25) is 0 Å². The zero-order valence-corrected chi connectivity index (χ0v) is 39.4. The summed E-state index contributed by atoms with van der Waals surface area (Å²) in [5.41, 5.74) is -1.60. The van der Waals surface area contributed by atoms with Crippen molar-refractivity contribution >= 4 is 6.29 Å². The highest BCUT2D eigenvalue weighted by Crippen LogP contribution is 2.76. The Bertz CT molecular complexity index is 1710. The summed E-state index contributed by atoms with van der Waals surface area (Å²) < 4.78 is 49.4. The van der Waals surface area contributed by atoms with Gasteiger partial charge in [0, 0.05) is 18.4 Å². The molecule has 17 nitrogen and oxygen atoms in total. The predicted octanol–water partition coefficient (Wildman–Crippen LogP) is 1.84. The summed E-state index contributed by atoms with van der Waals surface area (Å²) in [6, 6.07) is 0. The van der Waals surface area contributed by atoms with Crippen LogP contribution in [0.2, 0.25) is 0 Å². The number of rotatable bonds is 11. The lowest BCUT2D eigenvalue weighted by atomic mass is 9.35. The van der Waals surface area contributed by atoms with Crippen LogP contribution in [0.25, 0.3) is 0 Å². The molecule has 0 bridgehead atoms. The van der Waals surface area contributed by atoms with Crippen molar-refractivity contribution in [3.8, 4) is 0 Å². The van der Waals surface area contributed by atoms with E-state index >= 15 is 0 Å². The summed E-state index contributed by atoms with van der Waals surface area (Å²) in [5, 5.41) is 87.5. The summed E-state index contributed by atoms with van der Waals surface area (Å²) in [4.78, 5) is 14.0. The van der Waals surface area contributed by atoms with Crippen molar-refractivity contribution in [3.05, 3.63) is 11.6 Å². The van der Waals surface area contributed by atoms with E-state index < -0.39 is 109 Å². The van der Waals surface area contributed by atoms with E-state index in [4.69, 9.17) is 37.9 Å². The number of aldehydes is 1. The van der Waals surface area contributed by atoms with E-state index in [0.29, 0.717) is 25.9 Å². The lowest BCUT2D eigenvalue weighted by molar-refractivity contribution is -0.383. The molecule has 4 heterocycles. The number of fused-ring (bicyclic) bond motifs is 5. The van der Waals surface area contributed by atoms with Crippen LogP contribution in [-0.2, 0) is 42.7 Å². The fourth-order valence-electron chi connectivity index (χ4n) is 14.9. The summed E-state index contributed by atoms with van der Waals surface area (Å²) in [7, 11) is 0. The molecular weight excluding hydrogens is 849 g/mol. The Labute approximate surface area is 383 Å². The van der Waals surface area contributed by atoms with Gasteiger partial charge in [-0.25, -0.2) is 0 Å². The number of ether oxygens (including phenoxy) is 8. The molecule has 7 unspecified atom stereocenters. The average Bonchev–Trinajstić information content (AvgIpc) is 3.78. The molecular formula is C48H78O17. The number of carbonyl (C=O) groups excluding carboxylic acids is 1. The number of aliphatic hydroxyl groups is 8. The van der Waals surface area contributed by atoms with Crippen molar-refractivity contribution in [2.45, 2.75) is 217 Å². The second-order valence-corrected chi connectivity index (χ2v) is 22.3. The third-order valence-corrected chi connectivity index (χ3v) is 18.4. The van der Waals surface area contributed by atoms with Crippen molar-refractivity contribution in [3.63, 3.8) is 0 Å². The van der Waals surface area contributed by atoms with E-state index in [1.165, 1.54) is 13.2 Å². The second-order valence-electron chi connectivity index (χ2n) is 22.3. The average molecular weight is 927 g/mol. The van der Waals surface area contributed by atoms with E-state index in [2.05, 4.69) is 33.8 Å². The number of carbonyl (C=O) groups is 1. The van der Waals surface area contributed by atoms with E-state index in [1.807, 2.05) is 20.8 Å². The first-order valence-electron chi connectivity index (χ1n) is 24.3. The van der Waals surface area contributed by atoms with Crippen molar-refractivity contribution in [1.29, 1.82) is 0 Å². The Kier molecular flexibility index (Phi) is 14.3. The van der Waals surface area contributed by atoms with Crippen LogP contribution in [0, 0.1) is 45.3 Å².